The molecule has 0 bridgehead atoms. The number of nitrogens with two attached hydrogens (primary N) is 1. The van der Waals surface area contributed by atoms with Gasteiger partial charge in [0.1, 0.15) is 48.8 Å². The number of primary amides is 1. The number of carbonyl (C=O) groups excluding carboxylic acids is 1. The summed E-state index contributed by atoms with van der Waals surface area (Å²) in [6.07, 6.45) is -9.65. The molecule has 3 saturated heterocycles. The molecule has 3 aliphatic heterocycles. The molecule has 1 saturated carbocycles. The molecule has 0 aromatic heterocycles. The molecule has 220 valence electrons. The molecule has 1 aliphatic carbocycles. The van der Waals surface area contributed by atoms with Gasteiger partial charge in [0.05, 0.1) is 24.9 Å². The molecule has 13 nitrogen and oxygen atoms in total. The Labute approximate surface area is 222 Å². The van der Waals surface area contributed by atoms with Gasteiger partial charge in [-0.25, -0.2) is 0 Å². The van der Waals surface area contributed by atoms with Gasteiger partial charge in [0.2, 0.25) is 5.91 Å². The van der Waals surface area contributed by atoms with Gasteiger partial charge in [0.25, 0.3) is 0 Å². The summed E-state index contributed by atoms with van der Waals surface area (Å²) in [5.41, 5.74) is 5.54. The van der Waals surface area contributed by atoms with E-state index in [2.05, 4.69) is 0 Å². The van der Waals surface area contributed by atoms with Crippen LogP contribution in [0.5, 0.6) is 0 Å². The van der Waals surface area contributed by atoms with Crippen molar-refractivity contribution in [2.24, 2.45) is 11.7 Å². The lowest BCUT2D eigenvalue weighted by Crippen LogP contribution is -2.63. The maximum Gasteiger partial charge on any atom is 0.246 e. The summed E-state index contributed by atoms with van der Waals surface area (Å²) in [5, 5.41) is 51.6. The topological polar surface area (TPSA) is 200 Å². The van der Waals surface area contributed by atoms with Gasteiger partial charge >= 0.3 is 0 Å². The fraction of sp³-hybridized carbons (Fsp3) is 0.960. The van der Waals surface area contributed by atoms with Crippen molar-refractivity contribution in [1.29, 1.82) is 0 Å². The molecule has 0 spiro atoms. The molecule has 4 aliphatic rings. The summed E-state index contributed by atoms with van der Waals surface area (Å²) in [6.45, 7) is 3.36. The van der Waals surface area contributed by atoms with Crippen LogP contribution < -0.4 is 5.73 Å². The summed E-state index contributed by atoms with van der Waals surface area (Å²) in [6, 6.07) is 0. The van der Waals surface area contributed by atoms with Gasteiger partial charge in [-0.2, -0.15) is 0 Å². The average molecular weight is 550 g/mol. The zero-order valence-corrected chi connectivity index (χ0v) is 21.9. The molecule has 0 aromatic carbocycles. The van der Waals surface area contributed by atoms with E-state index in [1.807, 2.05) is 6.92 Å². The number of amides is 1. The lowest BCUT2D eigenvalue weighted by atomic mass is 9.85. The number of carbonyl (C=O) groups is 1. The Morgan fingerprint density at radius 1 is 0.842 bits per heavy atom. The Morgan fingerprint density at radius 2 is 1.61 bits per heavy atom. The molecule has 14 unspecified atom stereocenters. The number of hydrogen-bond donors (Lipinski definition) is 6. The Hall–Kier alpha value is -0.970. The van der Waals surface area contributed by atoms with Crippen LogP contribution in [0.2, 0.25) is 0 Å². The van der Waals surface area contributed by atoms with Gasteiger partial charge in [0.15, 0.2) is 12.6 Å². The first-order valence-electron chi connectivity index (χ1n) is 13.6. The zero-order chi connectivity index (χ0) is 27.6. The van der Waals surface area contributed by atoms with E-state index in [0.29, 0.717) is 32.3 Å². The van der Waals surface area contributed by atoms with E-state index in [-0.39, 0.29) is 5.92 Å². The third-order valence-corrected chi connectivity index (χ3v) is 8.09. The maximum atomic E-state index is 12.0. The minimum Gasteiger partial charge on any atom is -0.394 e. The SMILES string of the molecule is CC1CCCC(OC2OC(CO)C(O)C3OC(C(N)=O)CCCCOC23)C1OC1OC(C)C(O)C(O)C1O. The predicted octanol–water partition coefficient (Wildman–Crippen LogP) is -1.71. The van der Waals surface area contributed by atoms with E-state index in [9.17, 15) is 30.3 Å². The highest BCUT2D eigenvalue weighted by Crippen LogP contribution is 2.36. The fourth-order valence-corrected chi connectivity index (χ4v) is 5.76. The van der Waals surface area contributed by atoms with Gasteiger partial charge in [-0.15, -0.1) is 0 Å². The quantitative estimate of drug-likeness (QED) is 0.220. The summed E-state index contributed by atoms with van der Waals surface area (Å²) < 4.78 is 36.2. The lowest BCUT2D eigenvalue weighted by Gasteiger charge is -2.47. The van der Waals surface area contributed by atoms with Crippen molar-refractivity contribution >= 4 is 5.91 Å². The van der Waals surface area contributed by atoms with Crippen LogP contribution in [0.15, 0.2) is 0 Å². The van der Waals surface area contributed by atoms with Crippen LogP contribution in [-0.4, -0.2) is 124 Å². The van der Waals surface area contributed by atoms with Crippen molar-refractivity contribution in [2.75, 3.05) is 13.2 Å². The smallest absolute Gasteiger partial charge is 0.246 e. The van der Waals surface area contributed by atoms with Gasteiger partial charge in [0, 0.05) is 6.61 Å². The van der Waals surface area contributed by atoms with Gasteiger partial charge < -0.3 is 59.7 Å². The van der Waals surface area contributed by atoms with Crippen molar-refractivity contribution in [1.82, 2.24) is 0 Å². The van der Waals surface area contributed by atoms with Gasteiger partial charge in [-0.05, 0) is 44.9 Å². The van der Waals surface area contributed by atoms with Crippen LogP contribution in [0.3, 0.4) is 0 Å². The first-order chi connectivity index (χ1) is 18.1. The first kappa shape index (κ1) is 30.0. The van der Waals surface area contributed by atoms with Crippen molar-refractivity contribution in [3.05, 3.63) is 0 Å². The third kappa shape index (κ3) is 6.50. The van der Waals surface area contributed by atoms with Crippen LogP contribution in [0.1, 0.15) is 52.4 Å². The maximum absolute atomic E-state index is 12.0. The normalized spacial score (nSPS) is 48.8. The van der Waals surface area contributed by atoms with Crippen molar-refractivity contribution in [3.8, 4) is 0 Å². The highest BCUT2D eigenvalue weighted by atomic mass is 16.7. The Kier molecular flexibility index (Phi) is 10.4. The van der Waals surface area contributed by atoms with Crippen LogP contribution >= 0.6 is 0 Å². The van der Waals surface area contributed by atoms with E-state index in [4.69, 9.17) is 34.2 Å². The third-order valence-electron chi connectivity index (χ3n) is 8.09. The van der Waals surface area contributed by atoms with E-state index in [1.165, 1.54) is 0 Å². The summed E-state index contributed by atoms with van der Waals surface area (Å²) in [7, 11) is 0. The first-order valence-corrected chi connectivity index (χ1v) is 13.6. The number of aliphatic hydroxyl groups is 5. The molecule has 14 atom stereocenters. The molecule has 0 aromatic rings. The highest BCUT2D eigenvalue weighted by molar-refractivity contribution is 5.78. The molecular formula is C25H43NO12. The Morgan fingerprint density at radius 3 is 2.32 bits per heavy atom. The minimum absolute atomic E-state index is 0.0144. The number of fused-ring (bicyclic) bond motifs is 1. The molecule has 13 heteroatoms. The number of aliphatic hydroxyl groups excluding tert-OH is 5. The number of hydrogen-bond acceptors (Lipinski definition) is 12. The van der Waals surface area contributed by atoms with Crippen LogP contribution in [0.4, 0.5) is 0 Å². The number of ether oxygens (including phenoxy) is 6. The monoisotopic (exact) mass is 549 g/mol. The predicted molar refractivity (Wildman–Crippen MR) is 128 cm³/mol. The highest BCUT2D eigenvalue weighted by Gasteiger charge is 2.51. The second-order valence-corrected chi connectivity index (χ2v) is 10.9. The second kappa shape index (κ2) is 13.1. The Bertz CT molecular complexity index is 775. The summed E-state index contributed by atoms with van der Waals surface area (Å²) in [4.78, 5) is 12.0. The Balaban J connectivity index is 1.54. The minimum atomic E-state index is -1.46. The summed E-state index contributed by atoms with van der Waals surface area (Å²) in [5.74, 6) is -0.663. The van der Waals surface area contributed by atoms with E-state index >= 15 is 0 Å². The molecule has 0 radical (unpaired) electrons. The van der Waals surface area contributed by atoms with E-state index in [1.54, 1.807) is 6.92 Å². The van der Waals surface area contributed by atoms with Crippen LogP contribution in [-0.2, 0) is 33.2 Å². The van der Waals surface area contributed by atoms with Crippen molar-refractivity contribution in [3.63, 3.8) is 0 Å². The van der Waals surface area contributed by atoms with Crippen molar-refractivity contribution < 1.29 is 58.7 Å². The standard InChI is InChI=1S/C25H43NO12/c1-11-6-5-8-13(20(11)38-24-19(31)18(30)16(28)12(2)34-24)36-25-22-21(17(29)15(10-27)37-25)35-14(23(26)32)7-3-4-9-33-22/h11-22,24-25,27-31H,3-10H2,1-2H3,(H2,26,32). The van der Waals surface area contributed by atoms with Crippen LogP contribution in [0.25, 0.3) is 0 Å². The van der Waals surface area contributed by atoms with Crippen LogP contribution in [0, 0.1) is 5.92 Å². The van der Waals surface area contributed by atoms with E-state index in [0.717, 1.165) is 12.8 Å². The molecule has 38 heavy (non-hydrogen) atoms. The van der Waals surface area contributed by atoms with Crippen molar-refractivity contribution in [2.45, 2.75) is 132 Å². The molecule has 7 N–H and O–H groups in total. The number of rotatable bonds is 6. The van der Waals surface area contributed by atoms with Gasteiger partial charge in [-0.1, -0.05) is 13.3 Å². The van der Waals surface area contributed by atoms with E-state index < -0.39 is 92.2 Å². The fourth-order valence-electron chi connectivity index (χ4n) is 5.76. The van der Waals surface area contributed by atoms with Gasteiger partial charge in [-0.3, -0.25) is 4.79 Å². The molecule has 3 heterocycles. The largest absolute Gasteiger partial charge is 0.394 e. The second-order valence-electron chi connectivity index (χ2n) is 10.9. The lowest BCUT2D eigenvalue weighted by molar-refractivity contribution is -0.351. The molecule has 4 fully saturated rings. The zero-order valence-electron chi connectivity index (χ0n) is 21.9. The average Bonchev–Trinajstić information content (AvgIpc) is 3.00. The molecule has 4 rings (SSSR count). The molecule has 1 amide bonds. The molecular weight excluding hydrogens is 506 g/mol. The summed E-state index contributed by atoms with van der Waals surface area (Å²) >= 11 is 0.